The first-order chi connectivity index (χ1) is 15.2. The van der Waals surface area contributed by atoms with Crippen LogP contribution in [-0.2, 0) is 11.3 Å². The zero-order valence-corrected chi connectivity index (χ0v) is 19.3. The average Bonchev–Trinajstić information content (AvgIpc) is 3.33. The molecule has 7 heteroatoms. The van der Waals surface area contributed by atoms with Crippen molar-refractivity contribution in [1.29, 1.82) is 0 Å². The fourth-order valence-corrected chi connectivity index (χ4v) is 4.55. The smallest absolute Gasteiger partial charge is 0.410 e. The second kappa shape index (κ2) is 8.81. The molecular formula is C25H32N4O3. The Morgan fingerprint density at radius 1 is 1.19 bits per heavy atom. The Labute approximate surface area is 189 Å². The Balaban J connectivity index is 1.41. The van der Waals surface area contributed by atoms with E-state index >= 15 is 0 Å². The molecule has 1 aromatic carbocycles. The van der Waals surface area contributed by atoms with Crippen molar-refractivity contribution in [2.75, 3.05) is 24.5 Å². The Morgan fingerprint density at radius 3 is 2.72 bits per heavy atom. The van der Waals surface area contributed by atoms with Gasteiger partial charge in [0.2, 0.25) is 0 Å². The number of ether oxygens (including phenoxy) is 1. The van der Waals surface area contributed by atoms with Gasteiger partial charge in [-0.1, -0.05) is 24.3 Å². The van der Waals surface area contributed by atoms with Gasteiger partial charge in [-0.05, 0) is 51.3 Å². The SMILES string of the molecule is Cc1ccccc1CNC(=O)c1cncc(N2CCC3CN(C(=O)OC(C)(C)C)CC32)c1. The first-order valence-corrected chi connectivity index (χ1v) is 11.2. The molecule has 0 bridgehead atoms. The number of amides is 2. The van der Waals surface area contributed by atoms with Crippen molar-refractivity contribution in [2.24, 2.45) is 5.92 Å². The minimum Gasteiger partial charge on any atom is -0.444 e. The summed E-state index contributed by atoms with van der Waals surface area (Å²) in [5.74, 6) is 0.265. The van der Waals surface area contributed by atoms with Crippen molar-refractivity contribution < 1.29 is 14.3 Å². The van der Waals surface area contributed by atoms with Crippen LogP contribution in [0.2, 0.25) is 0 Å². The van der Waals surface area contributed by atoms with Gasteiger partial charge in [0, 0.05) is 38.3 Å². The van der Waals surface area contributed by atoms with Crippen molar-refractivity contribution in [3.8, 4) is 0 Å². The third-order valence-electron chi connectivity index (χ3n) is 6.22. The fraction of sp³-hybridized carbons (Fsp3) is 0.480. The lowest BCUT2D eigenvalue weighted by molar-refractivity contribution is 0.0284. The van der Waals surface area contributed by atoms with Gasteiger partial charge in [-0.2, -0.15) is 0 Å². The summed E-state index contributed by atoms with van der Waals surface area (Å²) in [6, 6.07) is 10.1. The van der Waals surface area contributed by atoms with Crippen LogP contribution in [0.15, 0.2) is 42.7 Å². The average molecular weight is 437 g/mol. The quantitative estimate of drug-likeness (QED) is 0.790. The molecule has 7 nitrogen and oxygen atoms in total. The number of carbonyl (C=O) groups excluding carboxylic acids is 2. The first kappa shape index (κ1) is 22.1. The summed E-state index contributed by atoms with van der Waals surface area (Å²) >= 11 is 0. The summed E-state index contributed by atoms with van der Waals surface area (Å²) in [5, 5.41) is 3.00. The summed E-state index contributed by atoms with van der Waals surface area (Å²) in [7, 11) is 0. The van der Waals surface area contributed by atoms with Crippen LogP contribution in [0.5, 0.6) is 0 Å². The highest BCUT2D eigenvalue weighted by Crippen LogP contribution is 2.35. The molecule has 1 N–H and O–H groups in total. The van der Waals surface area contributed by atoms with Gasteiger partial charge in [-0.3, -0.25) is 9.78 Å². The number of anilines is 1. The Bertz CT molecular complexity index is 1000. The molecule has 2 unspecified atom stereocenters. The van der Waals surface area contributed by atoms with Crippen LogP contribution in [-0.4, -0.2) is 53.2 Å². The second-order valence-electron chi connectivity index (χ2n) is 9.74. The molecule has 2 aromatic rings. The number of likely N-dealkylation sites (tertiary alicyclic amines) is 1. The van der Waals surface area contributed by atoms with E-state index in [1.165, 1.54) is 0 Å². The summed E-state index contributed by atoms with van der Waals surface area (Å²) in [6.07, 6.45) is 4.16. The number of nitrogens with zero attached hydrogens (tertiary/aromatic N) is 3. The summed E-state index contributed by atoms with van der Waals surface area (Å²) < 4.78 is 5.55. The molecule has 4 rings (SSSR count). The third kappa shape index (κ3) is 4.87. The van der Waals surface area contributed by atoms with Gasteiger partial charge in [-0.15, -0.1) is 0 Å². The highest BCUT2D eigenvalue weighted by atomic mass is 16.6. The molecule has 0 aliphatic carbocycles. The maximum Gasteiger partial charge on any atom is 0.410 e. The highest BCUT2D eigenvalue weighted by molar-refractivity contribution is 5.94. The molecule has 2 atom stereocenters. The van der Waals surface area contributed by atoms with E-state index in [1.54, 1.807) is 17.3 Å². The molecule has 0 spiro atoms. The number of fused-ring (bicyclic) bond motifs is 1. The van der Waals surface area contributed by atoms with Crippen LogP contribution in [0.1, 0.15) is 48.7 Å². The molecule has 2 amide bonds. The molecule has 2 saturated heterocycles. The Kier molecular flexibility index (Phi) is 6.09. The molecule has 1 aromatic heterocycles. The van der Waals surface area contributed by atoms with Gasteiger partial charge in [0.1, 0.15) is 5.60 Å². The van der Waals surface area contributed by atoms with E-state index in [4.69, 9.17) is 4.74 Å². The summed E-state index contributed by atoms with van der Waals surface area (Å²) in [4.78, 5) is 33.7. The minimum absolute atomic E-state index is 0.139. The Hall–Kier alpha value is -3.09. The third-order valence-corrected chi connectivity index (χ3v) is 6.22. The highest BCUT2D eigenvalue weighted by Gasteiger charge is 2.44. The molecule has 2 aliphatic heterocycles. The monoisotopic (exact) mass is 436 g/mol. The van der Waals surface area contributed by atoms with E-state index in [0.717, 1.165) is 29.8 Å². The molecule has 0 saturated carbocycles. The van der Waals surface area contributed by atoms with Crippen molar-refractivity contribution >= 4 is 17.7 Å². The molecule has 3 heterocycles. The maximum absolute atomic E-state index is 12.8. The summed E-state index contributed by atoms with van der Waals surface area (Å²) in [5.41, 5.74) is 3.21. The lowest BCUT2D eigenvalue weighted by Crippen LogP contribution is -2.39. The van der Waals surface area contributed by atoms with E-state index < -0.39 is 5.60 Å². The van der Waals surface area contributed by atoms with Crippen molar-refractivity contribution in [2.45, 2.75) is 52.3 Å². The van der Waals surface area contributed by atoms with Gasteiger partial charge in [0.25, 0.3) is 5.91 Å². The molecule has 32 heavy (non-hydrogen) atoms. The lowest BCUT2D eigenvalue weighted by atomic mass is 10.0. The number of pyridine rings is 1. The molecule has 170 valence electrons. The fourth-order valence-electron chi connectivity index (χ4n) is 4.55. The molecule has 2 fully saturated rings. The van der Waals surface area contributed by atoms with E-state index in [-0.39, 0.29) is 18.0 Å². The van der Waals surface area contributed by atoms with Gasteiger partial charge in [0.05, 0.1) is 23.5 Å². The predicted molar refractivity (Wildman–Crippen MR) is 124 cm³/mol. The van der Waals surface area contributed by atoms with Crippen molar-refractivity contribution in [3.05, 3.63) is 59.4 Å². The van der Waals surface area contributed by atoms with Crippen LogP contribution in [0, 0.1) is 12.8 Å². The number of aryl methyl sites for hydroxylation is 1. The van der Waals surface area contributed by atoms with Crippen LogP contribution in [0.3, 0.4) is 0 Å². The summed E-state index contributed by atoms with van der Waals surface area (Å²) in [6.45, 7) is 10.4. The number of nitrogens with one attached hydrogen (secondary N) is 1. The van der Waals surface area contributed by atoms with Gasteiger partial charge in [-0.25, -0.2) is 4.79 Å². The predicted octanol–water partition coefficient (Wildman–Crippen LogP) is 3.77. The van der Waals surface area contributed by atoms with Crippen LogP contribution in [0.25, 0.3) is 0 Å². The largest absolute Gasteiger partial charge is 0.444 e. The molecule has 2 aliphatic rings. The first-order valence-electron chi connectivity index (χ1n) is 11.2. The number of aromatic nitrogens is 1. The number of rotatable bonds is 4. The standard InChI is InChI=1S/C25H32N4O3/c1-17-7-5-6-8-18(17)13-27-23(30)20-11-21(14-26-12-20)29-10-9-19-15-28(16-22(19)29)24(31)32-25(2,3)4/h5-8,11-12,14,19,22H,9-10,13,15-16H2,1-4H3,(H,27,30). The number of hydrogen-bond donors (Lipinski definition) is 1. The van der Waals surface area contributed by atoms with E-state index in [1.807, 2.05) is 58.0 Å². The number of hydrogen-bond acceptors (Lipinski definition) is 5. The molecular weight excluding hydrogens is 404 g/mol. The van der Waals surface area contributed by atoms with E-state index in [9.17, 15) is 9.59 Å². The van der Waals surface area contributed by atoms with Crippen LogP contribution >= 0.6 is 0 Å². The van der Waals surface area contributed by atoms with E-state index in [0.29, 0.717) is 31.1 Å². The zero-order valence-electron chi connectivity index (χ0n) is 19.3. The minimum atomic E-state index is -0.502. The normalized spacial score (nSPS) is 20.2. The second-order valence-corrected chi connectivity index (χ2v) is 9.74. The van der Waals surface area contributed by atoms with E-state index in [2.05, 4.69) is 15.2 Å². The maximum atomic E-state index is 12.8. The van der Waals surface area contributed by atoms with Crippen molar-refractivity contribution in [3.63, 3.8) is 0 Å². The number of benzene rings is 1. The molecule has 0 radical (unpaired) electrons. The van der Waals surface area contributed by atoms with Crippen LogP contribution in [0.4, 0.5) is 10.5 Å². The van der Waals surface area contributed by atoms with Crippen LogP contribution < -0.4 is 10.2 Å². The zero-order chi connectivity index (χ0) is 22.9. The van der Waals surface area contributed by atoms with Crippen molar-refractivity contribution in [1.82, 2.24) is 15.2 Å². The lowest BCUT2D eigenvalue weighted by Gasteiger charge is -2.28. The van der Waals surface area contributed by atoms with Gasteiger partial charge < -0.3 is 19.9 Å². The van der Waals surface area contributed by atoms with Gasteiger partial charge in [0.15, 0.2) is 0 Å². The van der Waals surface area contributed by atoms with Gasteiger partial charge >= 0.3 is 6.09 Å². The number of carbonyl (C=O) groups is 2. The topological polar surface area (TPSA) is 74.8 Å². The Morgan fingerprint density at radius 2 is 1.97 bits per heavy atom.